The van der Waals surface area contributed by atoms with Crippen LogP contribution < -0.4 is 0 Å². The predicted octanol–water partition coefficient (Wildman–Crippen LogP) is 5.08. The summed E-state index contributed by atoms with van der Waals surface area (Å²) < 4.78 is 0. The lowest BCUT2D eigenvalue weighted by atomic mass is 9.96. The summed E-state index contributed by atoms with van der Waals surface area (Å²) in [5.41, 5.74) is 4.84. The molecule has 142 valence electrons. The van der Waals surface area contributed by atoms with E-state index in [1.54, 1.807) is 18.3 Å². The highest BCUT2D eigenvalue weighted by Gasteiger charge is 2.14. The maximum absolute atomic E-state index is 10.5. The minimum absolute atomic E-state index is 0.192. The molecule has 2 aromatic heterocycles. The SMILES string of the molecule is CC(C)CC(O)c1cccc(-c2cnc3n[nH]c(-c4ccccc4O)c3c2)c1. The Morgan fingerprint density at radius 1 is 1.00 bits per heavy atom. The highest BCUT2D eigenvalue weighted by atomic mass is 16.3. The number of fused-ring (bicyclic) bond motifs is 1. The molecule has 0 radical (unpaired) electrons. The third kappa shape index (κ3) is 3.49. The highest BCUT2D eigenvalue weighted by molar-refractivity contribution is 5.94. The first-order valence-electron chi connectivity index (χ1n) is 9.44. The third-order valence-corrected chi connectivity index (χ3v) is 4.88. The van der Waals surface area contributed by atoms with Crippen molar-refractivity contribution in [2.24, 2.45) is 5.92 Å². The Morgan fingerprint density at radius 2 is 1.82 bits per heavy atom. The van der Waals surface area contributed by atoms with Gasteiger partial charge in [-0.25, -0.2) is 4.98 Å². The number of H-pyrrole nitrogens is 1. The lowest BCUT2D eigenvalue weighted by molar-refractivity contribution is 0.151. The molecule has 0 spiro atoms. The molecule has 0 fully saturated rings. The second-order valence-electron chi connectivity index (χ2n) is 7.48. The van der Waals surface area contributed by atoms with Gasteiger partial charge in [-0.15, -0.1) is 0 Å². The fourth-order valence-corrected chi connectivity index (χ4v) is 3.46. The van der Waals surface area contributed by atoms with Crippen molar-refractivity contribution < 1.29 is 10.2 Å². The van der Waals surface area contributed by atoms with E-state index in [1.165, 1.54) is 0 Å². The molecule has 4 aromatic rings. The van der Waals surface area contributed by atoms with Gasteiger partial charge in [0.2, 0.25) is 0 Å². The number of rotatable bonds is 5. The Kier molecular flexibility index (Phi) is 4.84. The van der Waals surface area contributed by atoms with Gasteiger partial charge in [0.1, 0.15) is 5.75 Å². The Labute approximate surface area is 163 Å². The minimum atomic E-state index is -0.484. The molecular weight excluding hydrogens is 350 g/mol. The maximum Gasteiger partial charge on any atom is 0.181 e. The van der Waals surface area contributed by atoms with Crippen LogP contribution >= 0.6 is 0 Å². The van der Waals surface area contributed by atoms with Gasteiger partial charge in [-0.2, -0.15) is 5.10 Å². The van der Waals surface area contributed by atoms with Crippen LogP contribution in [-0.4, -0.2) is 25.4 Å². The standard InChI is InChI=1S/C23H23N3O2/c1-14(2)10-21(28)16-7-5-6-15(11-16)17-12-19-22(25-26-23(19)24-13-17)18-8-3-4-9-20(18)27/h3-9,11-14,21,27-28H,10H2,1-2H3,(H,24,25,26). The van der Waals surface area contributed by atoms with Crippen molar-refractivity contribution in [2.75, 3.05) is 0 Å². The van der Waals surface area contributed by atoms with Crippen LogP contribution in [0, 0.1) is 5.92 Å². The number of benzene rings is 2. The van der Waals surface area contributed by atoms with Crippen LogP contribution in [0.3, 0.4) is 0 Å². The zero-order valence-electron chi connectivity index (χ0n) is 15.9. The van der Waals surface area contributed by atoms with E-state index in [0.29, 0.717) is 17.1 Å². The lowest BCUT2D eigenvalue weighted by Crippen LogP contribution is -2.01. The molecule has 2 aromatic carbocycles. The van der Waals surface area contributed by atoms with Crippen molar-refractivity contribution in [1.82, 2.24) is 15.2 Å². The van der Waals surface area contributed by atoms with Crippen molar-refractivity contribution in [3.8, 4) is 28.1 Å². The number of hydrogen-bond acceptors (Lipinski definition) is 4. The number of pyridine rings is 1. The molecule has 4 rings (SSSR count). The summed E-state index contributed by atoms with van der Waals surface area (Å²) in [5, 5.41) is 28.8. The second kappa shape index (κ2) is 7.44. The summed E-state index contributed by atoms with van der Waals surface area (Å²) >= 11 is 0. The van der Waals surface area contributed by atoms with Crippen LogP contribution in [0.2, 0.25) is 0 Å². The largest absolute Gasteiger partial charge is 0.507 e. The molecule has 28 heavy (non-hydrogen) atoms. The first-order valence-corrected chi connectivity index (χ1v) is 9.44. The minimum Gasteiger partial charge on any atom is -0.507 e. The first kappa shape index (κ1) is 18.2. The lowest BCUT2D eigenvalue weighted by Gasteiger charge is -2.14. The number of aliphatic hydroxyl groups excluding tert-OH is 1. The summed E-state index contributed by atoms with van der Waals surface area (Å²) in [4.78, 5) is 4.47. The van der Waals surface area contributed by atoms with E-state index in [9.17, 15) is 10.2 Å². The van der Waals surface area contributed by atoms with Crippen LogP contribution in [0.15, 0.2) is 60.8 Å². The first-order chi connectivity index (χ1) is 13.5. The van der Waals surface area contributed by atoms with E-state index in [4.69, 9.17) is 0 Å². The van der Waals surface area contributed by atoms with Crippen LogP contribution in [0.4, 0.5) is 0 Å². The number of para-hydroxylation sites is 1. The molecule has 0 aliphatic rings. The number of nitrogens with zero attached hydrogens (tertiary/aromatic N) is 2. The van der Waals surface area contributed by atoms with Gasteiger partial charge < -0.3 is 10.2 Å². The molecule has 1 atom stereocenters. The Balaban J connectivity index is 1.77. The van der Waals surface area contributed by atoms with Gasteiger partial charge in [0, 0.05) is 22.7 Å². The molecular formula is C23H23N3O2. The zero-order chi connectivity index (χ0) is 19.7. The highest BCUT2D eigenvalue weighted by Crippen LogP contribution is 2.34. The number of phenols is 1. The molecule has 0 aliphatic carbocycles. The number of aromatic nitrogens is 3. The normalized spacial score (nSPS) is 12.6. The number of hydrogen-bond donors (Lipinski definition) is 3. The van der Waals surface area contributed by atoms with Gasteiger partial charge in [0.15, 0.2) is 5.65 Å². The average Bonchev–Trinajstić information content (AvgIpc) is 3.11. The molecule has 5 nitrogen and oxygen atoms in total. The van der Waals surface area contributed by atoms with Gasteiger partial charge in [-0.05, 0) is 47.7 Å². The number of nitrogens with one attached hydrogen (secondary N) is 1. The monoisotopic (exact) mass is 373 g/mol. The molecule has 5 heteroatoms. The van der Waals surface area contributed by atoms with Crippen molar-refractivity contribution in [3.05, 3.63) is 66.4 Å². The van der Waals surface area contributed by atoms with Gasteiger partial charge in [-0.3, -0.25) is 5.10 Å². The summed E-state index contributed by atoms with van der Waals surface area (Å²) in [6.07, 6.45) is 2.02. The van der Waals surface area contributed by atoms with Crippen LogP contribution in [0.5, 0.6) is 5.75 Å². The summed E-state index contributed by atoms with van der Waals surface area (Å²) in [6, 6.07) is 17.1. The van der Waals surface area contributed by atoms with Gasteiger partial charge >= 0.3 is 0 Å². The van der Waals surface area contributed by atoms with Crippen LogP contribution in [0.25, 0.3) is 33.4 Å². The van der Waals surface area contributed by atoms with Crippen molar-refractivity contribution in [2.45, 2.75) is 26.4 Å². The van der Waals surface area contributed by atoms with Gasteiger partial charge in [0.05, 0.1) is 11.8 Å². The molecule has 0 bridgehead atoms. The van der Waals surface area contributed by atoms with E-state index in [1.807, 2.05) is 42.5 Å². The molecule has 0 amide bonds. The zero-order valence-corrected chi connectivity index (χ0v) is 15.9. The average molecular weight is 373 g/mol. The van der Waals surface area contributed by atoms with Crippen LogP contribution in [-0.2, 0) is 0 Å². The molecule has 0 saturated heterocycles. The second-order valence-corrected chi connectivity index (χ2v) is 7.48. The van der Waals surface area contributed by atoms with E-state index < -0.39 is 6.10 Å². The molecule has 3 N–H and O–H groups in total. The Morgan fingerprint density at radius 3 is 2.61 bits per heavy atom. The topological polar surface area (TPSA) is 82.0 Å². The van der Waals surface area contributed by atoms with E-state index in [0.717, 1.165) is 34.2 Å². The quantitative estimate of drug-likeness (QED) is 0.456. The maximum atomic E-state index is 10.5. The molecule has 2 heterocycles. The fraction of sp³-hybridized carbons (Fsp3) is 0.217. The van der Waals surface area contributed by atoms with Crippen LogP contribution in [0.1, 0.15) is 31.9 Å². The smallest absolute Gasteiger partial charge is 0.181 e. The molecule has 0 aliphatic heterocycles. The molecule has 1 unspecified atom stereocenters. The predicted molar refractivity (Wildman–Crippen MR) is 111 cm³/mol. The van der Waals surface area contributed by atoms with Gasteiger partial charge in [0.25, 0.3) is 0 Å². The number of phenolic OH excluding ortho intramolecular Hbond substituents is 1. The summed E-state index contributed by atoms with van der Waals surface area (Å²) in [5.74, 6) is 0.612. The number of aliphatic hydroxyl groups is 1. The van der Waals surface area contributed by atoms with E-state index in [-0.39, 0.29) is 5.75 Å². The van der Waals surface area contributed by atoms with Crippen molar-refractivity contribution in [1.29, 1.82) is 0 Å². The number of aromatic hydroxyl groups is 1. The Hall–Kier alpha value is -3.18. The summed E-state index contributed by atoms with van der Waals surface area (Å²) in [6.45, 7) is 4.20. The summed E-state index contributed by atoms with van der Waals surface area (Å²) in [7, 11) is 0. The van der Waals surface area contributed by atoms with E-state index >= 15 is 0 Å². The van der Waals surface area contributed by atoms with Crippen molar-refractivity contribution >= 4 is 11.0 Å². The Bertz CT molecular complexity index is 1120. The van der Waals surface area contributed by atoms with Gasteiger partial charge in [-0.1, -0.05) is 44.2 Å². The van der Waals surface area contributed by atoms with E-state index in [2.05, 4.69) is 29.0 Å². The third-order valence-electron chi connectivity index (χ3n) is 4.88. The fourth-order valence-electron chi connectivity index (χ4n) is 3.46. The number of aromatic amines is 1. The van der Waals surface area contributed by atoms with Crippen molar-refractivity contribution in [3.63, 3.8) is 0 Å². The molecule has 0 saturated carbocycles.